The Morgan fingerprint density at radius 2 is 1.58 bits per heavy atom. The van der Waals surface area contributed by atoms with Gasteiger partial charge in [-0.2, -0.15) is 0 Å². The minimum Gasteiger partial charge on any atom is -0.456 e. The molecule has 1 saturated heterocycles. The van der Waals surface area contributed by atoms with Crippen LogP contribution in [0, 0.1) is 60.8 Å². The van der Waals surface area contributed by atoms with Crippen molar-refractivity contribution in [3.63, 3.8) is 0 Å². The molecule has 3 fully saturated rings. The van der Waals surface area contributed by atoms with Crippen LogP contribution in [0.1, 0.15) is 75.7 Å². The Morgan fingerprint density at radius 1 is 0.979 bits per heavy atom. The zero-order chi connectivity index (χ0) is 34.1. The maximum atomic E-state index is 14.5. The molecule has 10 atom stereocenters. The molecule has 4 aliphatic rings. The maximum absolute atomic E-state index is 14.5. The number of carbonyl (C=O) groups is 3. The third kappa shape index (κ3) is 5.66. The Labute approximate surface area is 316 Å². The van der Waals surface area contributed by atoms with Crippen LogP contribution in [0.5, 0.6) is 0 Å². The number of aliphatic hydroxyl groups is 4. The Bertz CT molecular complexity index is 1590. The molecular weight excluding hydrogens is 831 g/mol. The quantitative estimate of drug-likeness (QED) is 0.251. The number of rotatable bonds is 6. The molecule has 2 bridgehead atoms. The number of ether oxygens (including phenoxy) is 3. The Balaban J connectivity index is 0.00000451. The van der Waals surface area contributed by atoms with Crippen LogP contribution in [0.25, 0.3) is 0 Å². The summed E-state index contributed by atoms with van der Waals surface area (Å²) in [5.74, 6) is -3.97. The van der Waals surface area contributed by atoms with Gasteiger partial charge in [-0.25, -0.2) is 9.59 Å². The van der Waals surface area contributed by atoms with Crippen molar-refractivity contribution in [1.82, 2.24) is 0 Å². The summed E-state index contributed by atoms with van der Waals surface area (Å²) in [6.45, 7) is 8.30. The third-order valence-corrected chi connectivity index (χ3v) is 11.9. The van der Waals surface area contributed by atoms with E-state index in [4.69, 9.17) is 14.2 Å². The molecule has 10 nitrogen and oxygen atoms in total. The van der Waals surface area contributed by atoms with Gasteiger partial charge < -0.3 is 34.6 Å². The van der Waals surface area contributed by atoms with Gasteiger partial charge in [0.1, 0.15) is 29.2 Å². The second-order valence-electron chi connectivity index (χ2n) is 14.6. The summed E-state index contributed by atoms with van der Waals surface area (Å²) in [5, 5.41) is 47.8. The number of esters is 2. The zero-order valence-corrected chi connectivity index (χ0v) is 32.7. The monoisotopic (exact) mass is 875 g/mol. The predicted octanol–water partition coefficient (Wildman–Crippen LogP) is 3.26. The first-order chi connectivity index (χ1) is 22.1. The van der Waals surface area contributed by atoms with E-state index in [1.54, 1.807) is 89.2 Å². The van der Waals surface area contributed by atoms with Gasteiger partial charge in [0.25, 0.3) is 0 Å². The van der Waals surface area contributed by atoms with E-state index in [2.05, 4.69) is 0 Å². The molecule has 0 amide bonds. The normalized spacial score (nSPS) is 36.4. The summed E-state index contributed by atoms with van der Waals surface area (Å²) in [6, 6.07) is 17.2. The number of hydrogen-bond acceptors (Lipinski definition) is 10. The van der Waals surface area contributed by atoms with Crippen LogP contribution in [0.4, 0.5) is 0 Å². The molecule has 48 heavy (non-hydrogen) atoms. The number of Topliss-reactive ketones (excluding diaryl/α,β-unsaturated/α-hetero) is 1. The van der Waals surface area contributed by atoms with Crippen LogP contribution in [-0.4, -0.2) is 86.5 Å². The molecule has 4 N–H and O–H groups in total. The molecule has 1 radical (unpaired) electrons. The molecule has 6 rings (SSSR count). The Hall–Kier alpha value is -1.97. The summed E-state index contributed by atoms with van der Waals surface area (Å²) in [4.78, 5) is 41.7. The molecule has 2 saturated carbocycles. The largest absolute Gasteiger partial charge is 0.456 e. The smallest absolute Gasteiger partial charge is 0.338 e. The standard InChI is InChI=1S/C37H44O10.Ac/c1-20(22-12-8-6-9-13-22)29(40)33(42)46-25-18-37(44)31(47-32(41)23-14-10-7-11-15-23)30-35(5,27(39)17-28-36(30,43)19-45-28)26(38)16-24(21(25)2)34(37,3)4;/h6-15,20,25,27-31,39-40,43-44H,16-19H2,1-5H3;/t20-,25?,27?,28?,29?,30?,31?,35+,36?,37?;/m0./s1. The molecule has 11 heteroatoms. The molecule has 8 unspecified atom stereocenters. The van der Waals surface area contributed by atoms with E-state index in [-0.39, 0.29) is 75.5 Å². The molecule has 1 aliphatic heterocycles. The molecule has 1 heterocycles. The number of hydrogen-bond donors (Lipinski definition) is 4. The van der Waals surface area contributed by atoms with E-state index in [1.165, 1.54) is 0 Å². The SMILES string of the molecule is CC1=C2CC(=O)[C@]3(C)C(O)CC4OCC4(O)C3C(OC(=O)c3ccccc3)C(O)(CC1OC(=O)C(O)[C@@H](C)c1ccccc1)C2(C)C.[Ac]. The van der Waals surface area contributed by atoms with Crippen LogP contribution in [0.3, 0.4) is 0 Å². The predicted molar refractivity (Wildman–Crippen MR) is 169 cm³/mol. The number of benzene rings is 2. The number of fused-ring (bicyclic) bond motifs is 5. The van der Waals surface area contributed by atoms with Crippen molar-refractivity contribution in [2.24, 2.45) is 16.7 Å². The van der Waals surface area contributed by atoms with Crippen molar-refractivity contribution in [1.29, 1.82) is 0 Å². The molecule has 0 spiro atoms. The van der Waals surface area contributed by atoms with Gasteiger partial charge in [0.05, 0.1) is 29.8 Å². The molecule has 0 aromatic heterocycles. The number of ketones is 1. The van der Waals surface area contributed by atoms with Crippen LogP contribution in [-0.2, 0) is 23.8 Å². The first-order valence-electron chi connectivity index (χ1n) is 16.2. The second-order valence-corrected chi connectivity index (χ2v) is 14.6. The minimum absolute atomic E-state index is 0. The fraction of sp³-hybridized carbons (Fsp3) is 0.541. The molecule has 2 aromatic rings. The van der Waals surface area contributed by atoms with E-state index in [0.29, 0.717) is 11.1 Å². The maximum Gasteiger partial charge on any atom is 0.338 e. The average molecular weight is 876 g/mol. The van der Waals surface area contributed by atoms with E-state index >= 15 is 0 Å². The van der Waals surface area contributed by atoms with Gasteiger partial charge >= 0.3 is 11.9 Å². The van der Waals surface area contributed by atoms with Crippen molar-refractivity contribution in [3.05, 3.63) is 82.9 Å². The topological polar surface area (TPSA) is 160 Å². The number of aliphatic hydroxyl groups excluding tert-OH is 2. The van der Waals surface area contributed by atoms with E-state index < -0.39 is 82.1 Å². The Morgan fingerprint density at radius 3 is 2.17 bits per heavy atom. The van der Waals surface area contributed by atoms with E-state index in [0.717, 1.165) is 5.56 Å². The number of carbonyl (C=O) groups excluding carboxylic acids is 3. The second kappa shape index (κ2) is 13.3. The molecule has 255 valence electrons. The summed E-state index contributed by atoms with van der Waals surface area (Å²) >= 11 is 0. The van der Waals surface area contributed by atoms with E-state index in [9.17, 15) is 34.8 Å². The average Bonchev–Trinajstić information content (AvgIpc) is 3.05. The van der Waals surface area contributed by atoms with Crippen molar-refractivity contribution in [2.45, 2.75) is 102 Å². The van der Waals surface area contributed by atoms with Gasteiger partial charge in [-0.3, -0.25) is 4.79 Å². The van der Waals surface area contributed by atoms with Crippen LogP contribution >= 0.6 is 0 Å². The van der Waals surface area contributed by atoms with Gasteiger partial charge in [-0.05, 0) is 37.1 Å². The van der Waals surface area contributed by atoms with Crippen molar-refractivity contribution < 1.29 is 93.1 Å². The summed E-state index contributed by atoms with van der Waals surface area (Å²) in [7, 11) is 0. The van der Waals surface area contributed by atoms with Crippen molar-refractivity contribution >= 4 is 17.7 Å². The van der Waals surface area contributed by atoms with Crippen LogP contribution in [0.15, 0.2) is 71.8 Å². The summed E-state index contributed by atoms with van der Waals surface area (Å²) in [6.07, 6.45) is -6.77. The first kappa shape index (κ1) is 37.3. The van der Waals surface area contributed by atoms with Crippen molar-refractivity contribution in [2.75, 3.05) is 6.61 Å². The third-order valence-electron chi connectivity index (χ3n) is 11.9. The van der Waals surface area contributed by atoms with E-state index in [1.807, 2.05) is 6.07 Å². The minimum atomic E-state index is -2.02. The molecular formula is C37H44AcO10. The van der Waals surface area contributed by atoms with Gasteiger partial charge in [0.2, 0.25) is 0 Å². The summed E-state index contributed by atoms with van der Waals surface area (Å²) < 4.78 is 17.8. The van der Waals surface area contributed by atoms with Gasteiger partial charge in [0, 0.05) is 80.6 Å². The van der Waals surface area contributed by atoms with Gasteiger partial charge in [-0.15, -0.1) is 0 Å². The van der Waals surface area contributed by atoms with Gasteiger partial charge in [-0.1, -0.05) is 74.9 Å². The first-order valence-corrected chi connectivity index (χ1v) is 16.2. The Kier molecular flexibility index (Phi) is 10.3. The van der Waals surface area contributed by atoms with Crippen LogP contribution < -0.4 is 0 Å². The molecule has 3 aliphatic carbocycles. The zero-order valence-electron chi connectivity index (χ0n) is 28.0. The fourth-order valence-electron chi connectivity index (χ4n) is 8.55. The summed E-state index contributed by atoms with van der Waals surface area (Å²) in [5.41, 5.74) is -4.65. The van der Waals surface area contributed by atoms with Gasteiger partial charge in [0.15, 0.2) is 6.10 Å². The van der Waals surface area contributed by atoms with Crippen molar-refractivity contribution in [3.8, 4) is 0 Å². The fourth-order valence-corrected chi connectivity index (χ4v) is 8.55. The molecule has 2 aromatic carbocycles. The van der Waals surface area contributed by atoms with Crippen LogP contribution in [0.2, 0.25) is 0 Å².